The number of phenols is 1. The number of hydrogen-bond acceptors (Lipinski definition) is 6. The van der Waals surface area contributed by atoms with Crippen LogP contribution in [0.1, 0.15) is 5.56 Å². The molecule has 1 aliphatic rings. The van der Waals surface area contributed by atoms with Crippen molar-refractivity contribution in [3.05, 3.63) is 29.3 Å². The van der Waals surface area contributed by atoms with Crippen molar-refractivity contribution in [2.75, 3.05) is 65.9 Å². The van der Waals surface area contributed by atoms with Crippen molar-refractivity contribution in [2.24, 2.45) is 0 Å². The highest BCUT2D eigenvalue weighted by atomic mass is 19.1. The average molecular weight is 361 g/mol. The van der Waals surface area contributed by atoms with E-state index in [-0.39, 0.29) is 12.1 Å². The molecule has 0 unspecified atom stereocenters. The summed E-state index contributed by atoms with van der Waals surface area (Å²) in [5, 5.41) is 9.81. The SMILES string of the molecule is Oc1cc(F)cc(F)c1CN1CCOCCOCCOCCOCC1. The van der Waals surface area contributed by atoms with E-state index in [1.165, 1.54) is 0 Å². The van der Waals surface area contributed by atoms with Crippen molar-refractivity contribution in [3.63, 3.8) is 0 Å². The van der Waals surface area contributed by atoms with E-state index in [0.29, 0.717) is 65.9 Å². The van der Waals surface area contributed by atoms with Gasteiger partial charge in [0.2, 0.25) is 0 Å². The van der Waals surface area contributed by atoms with Gasteiger partial charge in [0, 0.05) is 37.3 Å². The Morgan fingerprint density at radius 1 is 0.800 bits per heavy atom. The maximum Gasteiger partial charge on any atom is 0.134 e. The van der Waals surface area contributed by atoms with Crippen LogP contribution in [0.4, 0.5) is 8.78 Å². The van der Waals surface area contributed by atoms with Gasteiger partial charge in [-0.15, -0.1) is 0 Å². The molecule has 8 heteroatoms. The van der Waals surface area contributed by atoms with E-state index in [9.17, 15) is 13.9 Å². The minimum Gasteiger partial charge on any atom is -0.507 e. The van der Waals surface area contributed by atoms with E-state index in [1.807, 2.05) is 4.90 Å². The van der Waals surface area contributed by atoms with Crippen molar-refractivity contribution < 1.29 is 32.8 Å². The van der Waals surface area contributed by atoms with Gasteiger partial charge in [0.25, 0.3) is 0 Å². The summed E-state index contributed by atoms with van der Waals surface area (Å²) >= 11 is 0. The molecule has 1 aromatic carbocycles. The van der Waals surface area contributed by atoms with E-state index >= 15 is 0 Å². The molecule has 2 rings (SSSR count). The zero-order valence-corrected chi connectivity index (χ0v) is 14.2. The summed E-state index contributed by atoms with van der Waals surface area (Å²) in [4.78, 5) is 1.89. The largest absolute Gasteiger partial charge is 0.507 e. The molecule has 1 saturated heterocycles. The Kier molecular flexibility index (Phi) is 9.06. The number of hydrogen-bond donors (Lipinski definition) is 1. The first-order valence-corrected chi connectivity index (χ1v) is 8.37. The Bertz CT molecular complexity index is 479. The van der Waals surface area contributed by atoms with E-state index in [4.69, 9.17) is 18.9 Å². The lowest BCUT2D eigenvalue weighted by Gasteiger charge is -2.23. The summed E-state index contributed by atoms with van der Waals surface area (Å²) in [6.45, 7) is 4.95. The number of ether oxygens (including phenoxy) is 4. The maximum atomic E-state index is 13.9. The highest BCUT2D eigenvalue weighted by Gasteiger charge is 2.15. The second-order valence-corrected chi connectivity index (χ2v) is 5.61. The first kappa shape index (κ1) is 20.0. The number of halogens is 2. The summed E-state index contributed by atoms with van der Waals surface area (Å²) in [7, 11) is 0. The molecular weight excluding hydrogens is 336 g/mol. The van der Waals surface area contributed by atoms with E-state index in [2.05, 4.69) is 0 Å². The molecule has 1 heterocycles. The summed E-state index contributed by atoms with van der Waals surface area (Å²) in [6, 6.07) is 1.68. The lowest BCUT2D eigenvalue weighted by atomic mass is 10.1. The van der Waals surface area contributed by atoms with Crippen molar-refractivity contribution in [3.8, 4) is 5.75 Å². The zero-order valence-electron chi connectivity index (χ0n) is 14.2. The lowest BCUT2D eigenvalue weighted by molar-refractivity contribution is 0.00206. The molecule has 1 fully saturated rings. The molecule has 142 valence electrons. The van der Waals surface area contributed by atoms with Gasteiger partial charge in [-0.05, 0) is 0 Å². The van der Waals surface area contributed by atoms with Crippen LogP contribution in [0, 0.1) is 11.6 Å². The van der Waals surface area contributed by atoms with Gasteiger partial charge >= 0.3 is 0 Å². The molecule has 0 atom stereocenters. The first-order valence-electron chi connectivity index (χ1n) is 8.37. The smallest absolute Gasteiger partial charge is 0.134 e. The van der Waals surface area contributed by atoms with Crippen LogP contribution < -0.4 is 0 Å². The van der Waals surface area contributed by atoms with Gasteiger partial charge in [0.05, 0.1) is 52.9 Å². The Balaban J connectivity index is 1.92. The van der Waals surface area contributed by atoms with Crippen LogP contribution in [0.25, 0.3) is 0 Å². The van der Waals surface area contributed by atoms with Crippen molar-refractivity contribution in [1.82, 2.24) is 4.90 Å². The van der Waals surface area contributed by atoms with Gasteiger partial charge in [-0.2, -0.15) is 0 Å². The molecule has 0 aliphatic carbocycles. The predicted octanol–water partition coefficient (Wildman–Crippen LogP) is 1.55. The fourth-order valence-electron chi connectivity index (χ4n) is 2.39. The average Bonchev–Trinajstić information content (AvgIpc) is 2.57. The van der Waals surface area contributed by atoms with Crippen molar-refractivity contribution in [1.29, 1.82) is 0 Å². The van der Waals surface area contributed by atoms with Crippen LogP contribution in [-0.4, -0.2) is 76.0 Å². The fourth-order valence-corrected chi connectivity index (χ4v) is 2.39. The van der Waals surface area contributed by atoms with E-state index < -0.39 is 17.4 Å². The van der Waals surface area contributed by atoms with Gasteiger partial charge in [0.15, 0.2) is 0 Å². The molecule has 1 aliphatic heterocycles. The van der Waals surface area contributed by atoms with Crippen LogP contribution in [0.2, 0.25) is 0 Å². The highest BCUT2D eigenvalue weighted by molar-refractivity contribution is 5.34. The molecule has 25 heavy (non-hydrogen) atoms. The van der Waals surface area contributed by atoms with Crippen LogP contribution in [-0.2, 0) is 25.5 Å². The summed E-state index contributed by atoms with van der Waals surface area (Å²) in [6.07, 6.45) is 0. The molecular formula is C17H25F2NO5. The van der Waals surface area contributed by atoms with E-state index in [1.54, 1.807) is 0 Å². The second-order valence-electron chi connectivity index (χ2n) is 5.61. The predicted molar refractivity (Wildman–Crippen MR) is 86.6 cm³/mol. The maximum absolute atomic E-state index is 13.9. The second kappa shape index (κ2) is 11.3. The number of aromatic hydroxyl groups is 1. The van der Waals surface area contributed by atoms with Crippen molar-refractivity contribution >= 4 is 0 Å². The van der Waals surface area contributed by atoms with Crippen LogP contribution in [0.3, 0.4) is 0 Å². The molecule has 1 aromatic rings. The summed E-state index contributed by atoms with van der Waals surface area (Å²) in [5.74, 6) is -1.96. The molecule has 6 nitrogen and oxygen atoms in total. The summed E-state index contributed by atoms with van der Waals surface area (Å²) in [5.41, 5.74) is 0.0611. The molecule has 0 spiro atoms. The highest BCUT2D eigenvalue weighted by Crippen LogP contribution is 2.23. The quantitative estimate of drug-likeness (QED) is 0.863. The Morgan fingerprint density at radius 2 is 1.28 bits per heavy atom. The van der Waals surface area contributed by atoms with Crippen LogP contribution in [0.15, 0.2) is 12.1 Å². The topological polar surface area (TPSA) is 60.4 Å². The lowest BCUT2D eigenvalue weighted by Crippen LogP contribution is -2.31. The zero-order chi connectivity index (χ0) is 17.9. The Labute approximate surface area is 146 Å². The Morgan fingerprint density at radius 3 is 1.76 bits per heavy atom. The molecule has 0 bridgehead atoms. The third-order valence-corrected chi connectivity index (χ3v) is 3.74. The van der Waals surface area contributed by atoms with Gasteiger partial charge in [-0.3, -0.25) is 4.90 Å². The van der Waals surface area contributed by atoms with Gasteiger partial charge in [-0.25, -0.2) is 8.78 Å². The summed E-state index contributed by atoms with van der Waals surface area (Å²) < 4.78 is 48.7. The minimum atomic E-state index is -0.803. The molecule has 0 saturated carbocycles. The van der Waals surface area contributed by atoms with E-state index in [0.717, 1.165) is 12.1 Å². The van der Waals surface area contributed by atoms with Crippen LogP contribution >= 0.6 is 0 Å². The number of nitrogens with zero attached hydrogens (tertiary/aromatic N) is 1. The van der Waals surface area contributed by atoms with Gasteiger partial charge in [0.1, 0.15) is 17.4 Å². The van der Waals surface area contributed by atoms with Gasteiger partial charge in [-0.1, -0.05) is 0 Å². The van der Waals surface area contributed by atoms with Crippen molar-refractivity contribution in [2.45, 2.75) is 6.54 Å². The van der Waals surface area contributed by atoms with Gasteiger partial charge < -0.3 is 24.1 Å². The third kappa shape index (κ3) is 7.62. The fraction of sp³-hybridized carbons (Fsp3) is 0.647. The standard InChI is InChI=1S/C17H25F2NO5/c18-14-11-16(19)15(17(21)12-14)13-20-1-3-22-5-7-24-9-10-25-8-6-23-4-2-20/h11-12,21H,1-10,13H2. The first-order chi connectivity index (χ1) is 12.2. The normalized spacial score (nSPS) is 19.9. The Hall–Kier alpha value is -1.32. The molecule has 0 radical (unpaired) electrons. The monoisotopic (exact) mass is 361 g/mol. The molecule has 0 amide bonds. The number of phenolic OH excluding ortho intramolecular Hbond substituents is 1. The molecule has 1 N–H and O–H groups in total. The van der Waals surface area contributed by atoms with Crippen LogP contribution in [0.5, 0.6) is 5.75 Å². The third-order valence-electron chi connectivity index (χ3n) is 3.74. The number of benzene rings is 1. The number of rotatable bonds is 2. The minimum absolute atomic E-state index is 0.0611. The molecule has 0 aromatic heterocycles.